The van der Waals surface area contributed by atoms with E-state index in [0.717, 1.165) is 17.7 Å². The van der Waals surface area contributed by atoms with Crippen LogP contribution in [0.3, 0.4) is 0 Å². The van der Waals surface area contributed by atoms with Crippen molar-refractivity contribution in [3.63, 3.8) is 0 Å². The van der Waals surface area contributed by atoms with Gasteiger partial charge in [-0.1, -0.05) is 12.8 Å². The van der Waals surface area contributed by atoms with Crippen LogP contribution in [0.15, 0.2) is 0 Å². The van der Waals surface area contributed by atoms with Crippen LogP contribution in [0.1, 0.15) is 32.6 Å². The van der Waals surface area contributed by atoms with Crippen LogP contribution in [0.5, 0.6) is 0 Å². The summed E-state index contributed by atoms with van der Waals surface area (Å²) in [5, 5.41) is 11.5. The molecule has 6 nitrogen and oxygen atoms in total. The summed E-state index contributed by atoms with van der Waals surface area (Å²) in [4.78, 5) is 35.3. The Morgan fingerprint density at radius 2 is 2.00 bits per heavy atom. The first-order valence-corrected chi connectivity index (χ1v) is 5.36. The lowest BCUT2D eigenvalue weighted by Gasteiger charge is -2.21. The first kappa shape index (κ1) is 10.9. The third-order valence-corrected chi connectivity index (χ3v) is 3.39. The van der Waals surface area contributed by atoms with Crippen molar-refractivity contribution < 1.29 is 19.5 Å². The van der Waals surface area contributed by atoms with Gasteiger partial charge in [0.2, 0.25) is 0 Å². The molecule has 1 spiro atoms. The summed E-state index contributed by atoms with van der Waals surface area (Å²) in [6.45, 7) is 1.34. The number of hydrogen-bond donors (Lipinski definition) is 2. The Labute approximate surface area is 92.6 Å². The number of carboxylic acids is 1. The van der Waals surface area contributed by atoms with E-state index in [1.54, 1.807) is 0 Å². The summed E-state index contributed by atoms with van der Waals surface area (Å²) in [7, 11) is 0. The van der Waals surface area contributed by atoms with E-state index in [-0.39, 0.29) is 5.91 Å². The SMILES string of the molecule is C[C@@H](C(=O)O)N1C(=O)NC2(CCCC2)C1=O. The lowest BCUT2D eigenvalue weighted by Crippen LogP contribution is -2.46. The molecular formula is C10H14N2O4. The Kier molecular flexibility index (Phi) is 2.36. The highest BCUT2D eigenvalue weighted by atomic mass is 16.4. The van der Waals surface area contributed by atoms with Gasteiger partial charge >= 0.3 is 12.0 Å². The van der Waals surface area contributed by atoms with Crippen molar-refractivity contribution in [1.82, 2.24) is 10.2 Å². The number of imide groups is 1. The molecule has 2 aliphatic rings. The van der Waals surface area contributed by atoms with Gasteiger partial charge in [0.1, 0.15) is 11.6 Å². The maximum Gasteiger partial charge on any atom is 0.326 e. The normalized spacial score (nSPS) is 24.9. The molecule has 0 aromatic carbocycles. The predicted molar refractivity (Wildman–Crippen MR) is 53.7 cm³/mol. The predicted octanol–water partition coefficient (Wildman–Crippen LogP) is 0.324. The van der Waals surface area contributed by atoms with E-state index in [2.05, 4.69) is 5.32 Å². The van der Waals surface area contributed by atoms with E-state index in [0.29, 0.717) is 12.8 Å². The molecule has 0 radical (unpaired) electrons. The molecule has 1 saturated carbocycles. The van der Waals surface area contributed by atoms with Gasteiger partial charge in [0.05, 0.1) is 0 Å². The van der Waals surface area contributed by atoms with Crippen LogP contribution in [0.2, 0.25) is 0 Å². The minimum Gasteiger partial charge on any atom is -0.480 e. The first-order chi connectivity index (χ1) is 7.48. The summed E-state index contributed by atoms with van der Waals surface area (Å²) < 4.78 is 0. The molecular weight excluding hydrogens is 212 g/mol. The Bertz CT molecular complexity index is 360. The molecule has 0 aromatic rings. The van der Waals surface area contributed by atoms with Gasteiger partial charge in [0.15, 0.2) is 0 Å². The van der Waals surface area contributed by atoms with E-state index in [1.807, 2.05) is 0 Å². The second-order valence-electron chi connectivity index (χ2n) is 4.41. The van der Waals surface area contributed by atoms with Gasteiger partial charge in [-0.15, -0.1) is 0 Å². The molecule has 2 rings (SSSR count). The zero-order chi connectivity index (χ0) is 11.9. The number of nitrogens with one attached hydrogen (secondary N) is 1. The summed E-state index contributed by atoms with van der Waals surface area (Å²) in [5.74, 6) is -1.55. The first-order valence-electron chi connectivity index (χ1n) is 5.36. The summed E-state index contributed by atoms with van der Waals surface area (Å²) in [6, 6.07) is -1.69. The number of carbonyl (C=O) groups is 3. The fraction of sp³-hybridized carbons (Fsp3) is 0.700. The number of hydrogen-bond acceptors (Lipinski definition) is 3. The Morgan fingerprint density at radius 3 is 2.50 bits per heavy atom. The minimum atomic E-state index is -1.17. The molecule has 1 saturated heterocycles. The van der Waals surface area contributed by atoms with Crippen LogP contribution in [-0.4, -0.2) is 39.5 Å². The fourth-order valence-electron chi connectivity index (χ4n) is 2.42. The van der Waals surface area contributed by atoms with E-state index in [1.165, 1.54) is 6.92 Å². The van der Waals surface area contributed by atoms with Gasteiger partial charge in [-0.25, -0.2) is 14.5 Å². The standard InChI is InChI=1S/C10H14N2O4/c1-6(7(13)14)12-8(15)10(11-9(12)16)4-2-3-5-10/h6H,2-5H2,1H3,(H,11,16)(H,13,14)/t6-/m0/s1. The topological polar surface area (TPSA) is 86.7 Å². The van der Waals surface area contributed by atoms with Crippen LogP contribution in [0, 0.1) is 0 Å². The molecule has 1 atom stereocenters. The average molecular weight is 226 g/mol. The summed E-state index contributed by atoms with van der Waals surface area (Å²) >= 11 is 0. The zero-order valence-electron chi connectivity index (χ0n) is 9.02. The van der Waals surface area contributed by atoms with Gasteiger partial charge in [0.25, 0.3) is 5.91 Å². The summed E-state index contributed by atoms with van der Waals surface area (Å²) in [5.41, 5.74) is -0.819. The van der Waals surface area contributed by atoms with Gasteiger partial charge in [-0.2, -0.15) is 0 Å². The molecule has 1 aliphatic carbocycles. The molecule has 88 valence electrons. The van der Waals surface area contributed by atoms with Crippen molar-refractivity contribution in [2.24, 2.45) is 0 Å². The Balaban J connectivity index is 2.26. The highest BCUT2D eigenvalue weighted by Crippen LogP contribution is 2.35. The van der Waals surface area contributed by atoms with Crippen molar-refractivity contribution >= 4 is 17.9 Å². The Hall–Kier alpha value is -1.59. The van der Waals surface area contributed by atoms with Crippen molar-refractivity contribution in [3.05, 3.63) is 0 Å². The van der Waals surface area contributed by atoms with Gasteiger partial charge < -0.3 is 10.4 Å². The van der Waals surface area contributed by atoms with Crippen LogP contribution in [0.25, 0.3) is 0 Å². The zero-order valence-corrected chi connectivity index (χ0v) is 9.02. The monoisotopic (exact) mass is 226 g/mol. The minimum absolute atomic E-state index is 0.384. The number of carbonyl (C=O) groups excluding carboxylic acids is 2. The van der Waals surface area contributed by atoms with E-state index in [4.69, 9.17) is 5.11 Å². The summed E-state index contributed by atoms with van der Waals surface area (Å²) in [6.07, 6.45) is 3.00. The van der Waals surface area contributed by atoms with E-state index in [9.17, 15) is 14.4 Å². The van der Waals surface area contributed by atoms with Gasteiger partial charge in [0, 0.05) is 0 Å². The van der Waals surface area contributed by atoms with Crippen molar-refractivity contribution in [1.29, 1.82) is 0 Å². The molecule has 1 aliphatic heterocycles. The highest BCUT2D eigenvalue weighted by Gasteiger charge is 2.54. The van der Waals surface area contributed by atoms with Crippen molar-refractivity contribution in [2.45, 2.75) is 44.2 Å². The second kappa shape index (κ2) is 3.47. The molecule has 2 N–H and O–H groups in total. The quantitative estimate of drug-likeness (QED) is 0.664. The largest absolute Gasteiger partial charge is 0.480 e. The molecule has 0 unspecified atom stereocenters. The van der Waals surface area contributed by atoms with E-state index >= 15 is 0 Å². The van der Waals surface area contributed by atoms with E-state index < -0.39 is 23.6 Å². The highest BCUT2D eigenvalue weighted by molar-refractivity contribution is 6.09. The third-order valence-electron chi connectivity index (χ3n) is 3.39. The van der Waals surface area contributed by atoms with Crippen LogP contribution >= 0.6 is 0 Å². The molecule has 3 amide bonds. The van der Waals surface area contributed by atoms with Crippen molar-refractivity contribution in [2.75, 3.05) is 0 Å². The fourth-order valence-corrected chi connectivity index (χ4v) is 2.42. The molecule has 16 heavy (non-hydrogen) atoms. The van der Waals surface area contributed by atoms with Crippen LogP contribution in [-0.2, 0) is 9.59 Å². The van der Waals surface area contributed by atoms with Crippen LogP contribution < -0.4 is 5.32 Å². The number of amides is 3. The van der Waals surface area contributed by atoms with Gasteiger partial charge in [-0.3, -0.25) is 4.79 Å². The molecule has 6 heteroatoms. The molecule has 0 bridgehead atoms. The third kappa shape index (κ3) is 1.36. The number of carboxylic acid groups (broad SMARTS) is 1. The number of rotatable bonds is 2. The van der Waals surface area contributed by atoms with Crippen molar-refractivity contribution in [3.8, 4) is 0 Å². The maximum atomic E-state index is 12.1. The van der Waals surface area contributed by atoms with Crippen LogP contribution in [0.4, 0.5) is 4.79 Å². The number of nitrogens with zero attached hydrogens (tertiary/aromatic N) is 1. The number of urea groups is 1. The molecule has 1 heterocycles. The maximum absolute atomic E-state index is 12.1. The molecule has 0 aromatic heterocycles. The average Bonchev–Trinajstić information content (AvgIpc) is 2.75. The van der Waals surface area contributed by atoms with Gasteiger partial charge in [-0.05, 0) is 19.8 Å². The Morgan fingerprint density at radius 1 is 1.44 bits per heavy atom. The lowest BCUT2D eigenvalue weighted by molar-refractivity contribution is -0.147. The second-order valence-corrected chi connectivity index (χ2v) is 4.41. The molecule has 2 fully saturated rings. The smallest absolute Gasteiger partial charge is 0.326 e. The lowest BCUT2D eigenvalue weighted by atomic mass is 9.98. The number of aliphatic carboxylic acids is 1.